The van der Waals surface area contributed by atoms with Gasteiger partial charge in [-0.25, -0.2) is 4.79 Å². The Kier molecular flexibility index (Phi) is 5.36. The number of amides is 1. The first-order valence-corrected chi connectivity index (χ1v) is 6.28. The molecule has 0 unspecified atom stereocenters. The minimum absolute atomic E-state index is 0.203. The highest BCUT2D eigenvalue weighted by molar-refractivity contribution is 5.71. The van der Waals surface area contributed by atoms with Crippen LogP contribution in [0.15, 0.2) is 12.3 Å². The zero-order chi connectivity index (χ0) is 12.0. The van der Waals surface area contributed by atoms with Crippen molar-refractivity contribution in [1.29, 1.82) is 0 Å². The molecule has 0 spiro atoms. The van der Waals surface area contributed by atoms with Crippen molar-refractivity contribution in [2.75, 3.05) is 6.61 Å². The first-order chi connectivity index (χ1) is 7.66. The lowest BCUT2D eigenvalue weighted by Crippen LogP contribution is -2.32. The van der Waals surface area contributed by atoms with E-state index in [2.05, 4.69) is 26.8 Å². The molecule has 1 fully saturated rings. The van der Waals surface area contributed by atoms with Crippen LogP contribution in [0, 0.1) is 5.92 Å². The second kappa shape index (κ2) is 6.56. The fraction of sp³-hybridized carbons (Fsp3) is 0.769. The van der Waals surface area contributed by atoms with Crippen molar-refractivity contribution in [2.24, 2.45) is 5.92 Å². The molecule has 0 saturated carbocycles. The molecule has 3 heteroatoms. The van der Waals surface area contributed by atoms with Crippen LogP contribution in [0.3, 0.4) is 0 Å². The quantitative estimate of drug-likeness (QED) is 0.647. The lowest BCUT2D eigenvalue weighted by atomic mass is 10.1. The Balaban J connectivity index is 2.40. The number of hydrogen-bond donors (Lipinski definition) is 0. The Hall–Kier alpha value is -0.990. The van der Waals surface area contributed by atoms with Gasteiger partial charge in [0.1, 0.15) is 6.61 Å². The Morgan fingerprint density at radius 3 is 2.88 bits per heavy atom. The van der Waals surface area contributed by atoms with Gasteiger partial charge in [0.25, 0.3) is 0 Å². The van der Waals surface area contributed by atoms with Gasteiger partial charge in [-0.15, -0.1) is 0 Å². The number of carbonyl (C=O) groups excluding carboxylic acids is 1. The summed E-state index contributed by atoms with van der Waals surface area (Å²) >= 11 is 0. The van der Waals surface area contributed by atoms with Gasteiger partial charge >= 0.3 is 6.09 Å². The SMILES string of the molecule is CCCCC/C=C/N1C(=O)OC[C@@H]1C(C)C. The summed E-state index contributed by atoms with van der Waals surface area (Å²) in [5.74, 6) is 0.437. The third kappa shape index (κ3) is 3.54. The first-order valence-electron chi connectivity index (χ1n) is 6.28. The minimum Gasteiger partial charge on any atom is -0.447 e. The zero-order valence-corrected chi connectivity index (χ0v) is 10.6. The second-order valence-electron chi connectivity index (χ2n) is 4.68. The third-order valence-electron chi connectivity index (χ3n) is 2.96. The molecular weight excluding hydrogens is 202 g/mol. The summed E-state index contributed by atoms with van der Waals surface area (Å²) in [6.07, 6.45) is 8.50. The molecule has 0 aromatic heterocycles. The van der Waals surface area contributed by atoms with Crippen LogP contribution in [0.2, 0.25) is 0 Å². The van der Waals surface area contributed by atoms with E-state index in [9.17, 15) is 4.79 Å². The summed E-state index contributed by atoms with van der Waals surface area (Å²) in [4.78, 5) is 13.2. The number of rotatable bonds is 6. The molecule has 1 atom stereocenters. The molecule has 0 aliphatic carbocycles. The normalized spacial score (nSPS) is 21.1. The van der Waals surface area contributed by atoms with E-state index in [4.69, 9.17) is 4.74 Å². The van der Waals surface area contributed by atoms with Crippen molar-refractivity contribution in [3.63, 3.8) is 0 Å². The van der Waals surface area contributed by atoms with Crippen molar-refractivity contribution in [1.82, 2.24) is 4.90 Å². The summed E-state index contributed by atoms with van der Waals surface area (Å²) in [5, 5.41) is 0. The van der Waals surface area contributed by atoms with Crippen LogP contribution in [0.5, 0.6) is 0 Å². The lowest BCUT2D eigenvalue weighted by Gasteiger charge is -2.20. The van der Waals surface area contributed by atoms with E-state index in [0.717, 1.165) is 6.42 Å². The van der Waals surface area contributed by atoms with Crippen molar-refractivity contribution in [3.8, 4) is 0 Å². The topological polar surface area (TPSA) is 29.5 Å². The summed E-state index contributed by atoms with van der Waals surface area (Å²) in [7, 11) is 0. The third-order valence-corrected chi connectivity index (χ3v) is 2.96. The summed E-state index contributed by atoms with van der Waals surface area (Å²) in [5.41, 5.74) is 0. The van der Waals surface area contributed by atoms with Gasteiger partial charge in [-0.2, -0.15) is 0 Å². The monoisotopic (exact) mass is 225 g/mol. The summed E-state index contributed by atoms with van der Waals surface area (Å²) in [6.45, 7) is 6.95. The Bertz CT molecular complexity index is 248. The zero-order valence-electron chi connectivity index (χ0n) is 10.6. The number of cyclic esters (lactones) is 1. The molecule has 0 bridgehead atoms. The van der Waals surface area contributed by atoms with E-state index in [0.29, 0.717) is 12.5 Å². The molecule has 1 rings (SSSR count). The maximum absolute atomic E-state index is 11.5. The van der Waals surface area contributed by atoms with Crippen LogP contribution in [0.1, 0.15) is 46.5 Å². The molecule has 16 heavy (non-hydrogen) atoms. The van der Waals surface area contributed by atoms with E-state index in [-0.39, 0.29) is 12.1 Å². The van der Waals surface area contributed by atoms with Crippen LogP contribution in [0.25, 0.3) is 0 Å². The molecule has 0 aromatic carbocycles. The fourth-order valence-electron chi connectivity index (χ4n) is 1.83. The van der Waals surface area contributed by atoms with Gasteiger partial charge in [0, 0.05) is 6.20 Å². The van der Waals surface area contributed by atoms with Gasteiger partial charge in [-0.1, -0.05) is 39.7 Å². The maximum atomic E-state index is 11.5. The number of allylic oxidation sites excluding steroid dienone is 1. The molecule has 92 valence electrons. The maximum Gasteiger partial charge on any atom is 0.414 e. The number of unbranched alkanes of at least 4 members (excludes halogenated alkanes) is 3. The predicted octanol–water partition coefficient (Wildman–Crippen LogP) is 3.56. The standard InChI is InChI=1S/C13H23NO2/c1-4-5-6-7-8-9-14-12(11(2)3)10-16-13(14)15/h8-9,11-12H,4-7,10H2,1-3H3/b9-8+/t12-/m1/s1. The van der Waals surface area contributed by atoms with Crippen LogP contribution < -0.4 is 0 Å². The van der Waals surface area contributed by atoms with Gasteiger partial charge in [-0.05, 0) is 18.8 Å². The van der Waals surface area contributed by atoms with Crippen LogP contribution in [-0.2, 0) is 4.74 Å². The number of nitrogens with zero attached hydrogens (tertiary/aromatic N) is 1. The molecular formula is C13H23NO2. The van der Waals surface area contributed by atoms with E-state index < -0.39 is 0 Å². The van der Waals surface area contributed by atoms with E-state index in [1.165, 1.54) is 19.3 Å². The van der Waals surface area contributed by atoms with Gasteiger partial charge in [0.2, 0.25) is 0 Å². The second-order valence-corrected chi connectivity index (χ2v) is 4.68. The smallest absolute Gasteiger partial charge is 0.414 e. The molecule has 3 nitrogen and oxygen atoms in total. The lowest BCUT2D eigenvalue weighted by molar-refractivity contribution is 0.166. The number of carbonyl (C=O) groups is 1. The highest BCUT2D eigenvalue weighted by Gasteiger charge is 2.33. The molecule has 0 N–H and O–H groups in total. The Morgan fingerprint density at radius 1 is 1.50 bits per heavy atom. The van der Waals surface area contributed by atoms with Gasteiger partial charge in [0.15, 0.2) is 0 Å². The fourth-order valence-corrected chi connectivity index (χ4v) is 1.83. The van der Waals surface area contributed by atoms with Gasteiger partial charge < -0.3 is 4.74 Å². The van der Waals surface area contributed by atoms with Crippen LogP contribution in [0.4, 0.5) is 4.79 Å². The van der Waals surface area contributed by atoms with Gasteiger partial charge in [-0.3, -0.25) is 4.90 Å². The minimum atomic E-state index is -0.203. The molecule has 1 saturated heterocycles. The largest absolute Gasteiger partial charge is 0.447 e. The van der Waals surface area contributed by atoms with E-state index in [1.54, 1.807) is 4.90 Å². The highest BCUT2D eigenvalue weighted by Crippen LogP contribution is 2.19. The average molecular weight is 225 g/mol. The Morgan fingerprint density at radius 2 is 2.25 bits per heavy atom. The molecule has 1 heterocycles. The average Bonchev–Trinajstić information content (AvgIpc) is 2.60. The van der Waals surface area contributed by atoms with E-state index >= 15 is 0 Å². The van der Waals surface area contributed by atoms with E-state index in [1.807, 2.05) is 6.20 Å². The Labute approximate surface area is 98.5 Å². The molecule has 1 amide bonds. The molecule has 1 aliphatic heterocycles. The first kappa shape index (κ1) is 13.1. The number of hydrogen-bond acceptors (Lipinski definition) is 2. The van der Waals surface area contributed by atoms with Crippen molar-refractivity contribution in [2.45, 2.75) is 52.5 Å². The summed E-state index contributed by atoms with van der Waals surface area (Å²) in [6, 6.07) is 0.204. The molecule has 1 aliphatic rings. The van der Waals surface area contributed by atoms with Crippen LogP contribution in [-0.4, -0.2) is 23.6 Å². The summed E-state index contributed by atoms with van der Waals surface area (Å²) < 4.78 is 5.05. The van der Waals surface area contributed by atoms with Crippen LogP contribution >= 0.6 is 0 Å². The number of ether oxygens (including phenoxy) is 1. The van der Waals surface area contributed by atoms with Crippen molar-refractivity contribution in [3.05, 3.63) is 12.3 Å². The highest BCUT2D eigenvalue weighted by atomic mass is 16.6. The molecule has 0 radical (unpaired) electrons. The van der Waals surface area contributed by atoms with Crippen molar-refractivity contribution < 1.29 is 9.53 Å². The van der Waals surface area contributed by atoms with Gasteiger partial charge in [0.05, 0.1) is 6.04 Å². The molecule has 0 aromatic rings. The predicted molar refractivity (Wildman–Crippen MR) is 65.1 cm³/mol. The van der Waals surface area contributed by atoms with Crippen molar-refractivity contribution >= 4 is 6.09 Å².